The van der Waals surface area contributed by atoms with E-state index in [4.69, 9.17) is 4.52 Å². The SMILES string of the molecule is CCn1ncc(Nc2nccc(-c3cccc(-c4cc([C@]5(O)CCN(C)C5=O)on4)n3)n2)c1C. The number of pyridine rings is 1. The average molecular weight is 460 g/mol. The Morgan fingerprint density at radius 1 is 1.18 bits per heavy atom. The maximum absolute atomic E-state index is 12.4. The highest BCUT2D eigenvalue weighted by molar-refractivity contribution is 5.87. The van der Waals surface area contributed by atoms with Crippen molar-refractivity contribution < 1.29 is 14.4 Å². The summed E-state index contributed by atoms with van der Waals surface area (Å²) >= 11 is 0. The molecule has 0 spiro atoms. The van der Waals surface area contributed by atoms with Gasteiger partial charge in [0.1, 0.15) is 5.69 Å². The summed E-state index contributed by atoms with van der Waals surface area (Å²) in [6.07, 6.45) is 3.65. The van der Waals surface area contributed by atoms with Crippen LogP contribution in [0.5, 0.6) is 0 Å². The first-order valence-electron chi connectivity index (χ1n) is 10.9. The van der Waals surface area contributed by atoms with E-state index in [1.54, 1.807) is 37.6 Å². The Labute approximate surface area is 195 Å². The minimum atomic E-state index is -1.70. The van der Waals surface area contributed by atoms with E-state index in [0.717, 1.165) is 17.9 Å². The van der Waals surface area contributed by atoms with Crippen molar-refractivity contribution in [1.29, 1.82) is 0 Å². The lowest BCUT2D eigenvalue weighted by atomic mass is 9.98. The van der Waals surface area contributed by atoms with Gasteiger partial charge >= 0.3 is 0 Å². The number of amides is 1. The van der Waals surface area contributed by atoms with Gasteiger partial charge in [0.15, 0.2) is 5.76 Å². The number of aliphatic hydroxyl groups is 1. The first kappa shape index (κ1) is 21.7. The second-order valence-corrected chi connectivity index (χ2v) is 8.17. The van der Waals surface area contributed by atoms with Crippen molar-refractivity contribution in [3.05, 3.63) is 54.2 Å². The molecule has 0 bridgehead atoms. The number of nitrogens with zero attached hydrogens (tertiary/aromatic N) is 7. The quantitative estimate of drug-likeness (QED) is 0.445. The zero-order chi connectivity index (χ0) is 23.9. The van der Waals surface area contributed by atoms with Crippen molar-refractivity contribution in [1.82, 2.24) is 34.8 Å². The van der Waals surface area contributed by atoms with Crippen LogP contribution in [0.3, 0.4) is 0 Å². The molecule has 5 heterocycles. The predicted molar refractivity (Wildman–Crippen MR) is 123 cm³/mol. The lowest BCUT2D eigenvalue weighted by molar-refractivity contribution is -0.144. The summed E-state index contributed by atoms with van der Waals surface area (Å²) in [5.41, 5.74) is 2.31. The Morgan fingerprint density at radius 3 is 2.65 bits per heavy atom. The van der Waals surface area contributed by atoms with Crippen LogP contribution in [0.25, 0.3) is 22.8 Å². The van der Waals surface area contributed by atoms with E-state index in [1.165, 1.54) is 4.90 Å². The molecular weight excluding hydrogens is 436 g/mol. The molecule has 1 amide bonds. The lowest BCUT2D eigenvalue weighted by Gasteiger charge is -2.16. The third kappa shape index (κ3) is 3.69. The van der Waals surface area contributed by atoms with Gasteiger partial charge in [-0.2, -0.15) is 5.10 Å². The largest absolute Gasteiger partial charge is 0.373 e. The second kappa shape index (κ2) is 8.34. The number of hydrogen-bond donors (Lipinski definition) is 2. The highest BCUT2D eigenvalue weighted by Crippen LogP contribution is 2.34. The molecule has 34 heavy (non-hydrogen) atoms. The molecule has 1 aliphatic rings. The van der Waals surface area contributed by atoms with E-state index in [0.29, 0.717) is 35.3 Å². The van der Waals surface area contributed by atoms with Gasteiger partial charge in [-0.3, -0.25) is 9.48 Å². The monoisotopic (exact) mass is 460 g/mol. The van der Waals surface area contributed by atoms with E-state index in [1.807, 2.05) is 30.7 Å². The molecule has 4 aromatic heterocycles. The molecule has 5 rings (SSSR count). The molecule has 11 nitrogen and oxygen atoms in total. The molecule has 0 unspecified atom stereocenters. The third-order valence-corrected chi connectivity index (χ3v) is 6.01. The van der Waals surface area contributed by atoms with Crippen LogP contribution in [0.4, 0.5) is 11.6 Å². The molecule has 0 saturated carbocycles. The molecule has 1 aliphatic heterocycles. The van der Waals surface area contributed by atoms with Crippen molar-refractivity contribution in [3.8, 4) is 22.8 Å². The van der Waals surface area contributed by atoms with Gasteiger partial charge in [-0.1, -0.05) is 11.2 Å². The van der Waals surface area contributed by atoms with Crippen LogP contribution in [-0.4, -0.2) is 59.4 Å². The summed E-state index contributed by atoms with van der Waals surface area (Å²) < 4.78 is 7.23. The molecule has 1 saturated heterocycles. The fourth-order valence-electron chi connectivity index (χ4n) is 3.96. The Hall–Kier alpha value is -4.12. The van der Waals surface area contributed by atoms with E-state index >= 15 is 0 Å². The molecule has 1 atom stereocenters. The van der Waals surface area contributed by atoms with Gasteiger partial charge in [0.2, 0.25) is 11.5 Å². The predicted octanol–water partition coefficient (Wildman–Crippen LogP) is 2.51. The minimum absolute atomic E-state index is 0.112. The highest BCUT2D eigenvalue weighted by Gasteiger charge is 2.48. The Morgan fingerprint density at radius 2 is 1.94 bits per heavy atom. The summed E-state index contributed by atoms with van der Waals surface area (Å²) in [5.74, 6) is 0.136. The van der Waals surface area contributed by atoms with Crippen molar-refractivity contribution in [3.63, 3.8) is 0 Å². The smallest absolute Gasteiger partial charge is 0.262 e. The number of hydrogen-bond acceptors (Lipinski definition) is 9. The number of likely N-dealkylation sites (tertiary alicyclic amines) is 1. The van der Waals surface area contributed by atoms with Gasteiger partial charge in [-0.15, -0.1) is 0 Å². The third-order valence-electron chi connectivity index (χ3n) is 6.01. The summed E-state index contributed by atoms with van der Waals surface area (Å²) in [6.45, 7) is 5.23. The van der Waals surface area contributed by atoms with Gasteiger partial charge in [0, 0.05) is 38.8 Å². The number of aromatic nitrogens is 6. The Bertz CT molecular complexity index is 1360. The summed E-state index contributed by atoms with van der Waals surface area (Å²) in [6, 6.07) is 8.77. The number of carbonyl (C=O) groups excluding carboxylic acids is 1. The van der Waals surface area contributed by atoms with Crippen LogP contribution in [0.15, 0.2) is 47.2 Å². The van der Waals surface area contributed by atoms with Crippen LogP contribution >= 0.6 is 0 Å². The van der Waals surface area contributed by atoms with Gasteiger partial charge in [-0.25, -0.2) is 15.0 Å². The van der Waals surface area contributed by atoms with Gasteiger partial charge in [0.25, 0.3) is 5.91 Å². The Balaban J connectivity index is 1.41. The summed E-state index contributed by atoms with van der Waals surface area (Å²) in [4.78, 5) is 27.4. The van der Waals surface area contributed by atoms with E-state index < -0.39 is 11.5 Å². The number of likely N-dealkylation sites (N-methyl/N-ethyl adjacent to an activating group) is 1. The fourth-order valence-corrected chi connectivity index (χ4v) is 3.96. The molecule has 2 N–H and O–H groups in total. The molecule has 11 heteroatoms. The number of rotatable bonds is 6. The zero-order valence-electron chi connectivity index (χ0n) is 19.1. The van der Waals surface area contributed by atoms with Crippen molar-refractivity contribution in [2.24, 2.45) is 0 Å². The molecule has 0 aliphatic carbocycles. The van der Waals surface area contributed by atoms with Crippen LogP contribution in [0.2, 0.25) is 0 Å². The minimum Gasteiger partial charge on any atom is -0.373 e. The molecule has 1 fully saturated rings. The number of aryl methyl sites for hydroxylation is 1. The van der Waals surface area contributed by atoms with Crippen LogP contribution in [-0.2, 0) is 16.9 Å². The second-order valence-electron chi connectivity index (χ2n) is 8.17. The summed E-state index contributed by atoms with van der Waals surface area (Å²) in [7, 11) is 1.64. The van der Waals surface area contributed by atoms with Crippen LogP contribution in [0.1, 0.15) is 24.8 Å². The van der Waals surface area contributed by atoms with Crippen molar-refractivity contribution in [2.45, 2.75) is 32.4 Å². The van der Waals surface area contributed by atoms with Gasteiger partial charge in [-0.05, 0) is 32.0 Å². The maximum atomic E-state index is 12.4. The molecule has 0 aromatic carbocycles. The van der Waals surface area contributed by atoms with Crippen LogP contribution < -0.4 is 5.32 Å². The van der Waals surface area contributed by atoms with E-state index in [9.17, 15) is 9.90 Å². The number of anilines is 2. The first-order chi connectivity index (χ1) is 16.4. The topological polar surface area (TPSA) is 135 Å². The van der Waals surface area contributed by atoms with Gasteiger partial charge < -0.3 is 19.8 Å². The number of nitrogens with one attached hydrogen (secondary N) is 1. The van der Waals surface area contributed by atoms with Crippen LogP contribution in [0, 0.1) is 6.92 Å². The van der Waals surface area contributed by atoms with E-state index in [-0.39, 0.29) is 12.2 Å². The Kier molecular flexibility index (Phi) is 5.33. The molecule has 174 valence electrons. The fraction of sp³-hybridized carbons (Fsp3) is 0.304. The van der Waals surface area contributed by atoms with Crippen molar-refractivity contribution >= 4 is 17.5 Å². The average Bonchev–Trinajstić information content (AvgIpc) is 3.56. The zero-order valence-corrected chi connectivity index (χ0v) is 19.1. The lowest BCUT2D eigenvalue weighted by Crippen LogP contribution is -2.35. The standard InChI is InChI=1S/C23H24N8O3/c1-4-31-14(2)19(13-25-31)28-22-24-10-8-17(27-22)15-6-5-7-16(26-15)18-12-20(34-29-18)23(33)9-11-30(3)21(23)32/h5-8,10,12-13,33H,4,9,11H2,1-3H3,(H,24,27,28)/t23-/m1/s1. The number of carbonyl (C=O) groups is 1. The highest BCUT2D eigenvalue weighted by atomic mass is 16.5. The molecule has 4 aromatic rings. The van der Waals surface area contributed by atoms with Gasteiger partial charge in [0.05, 0.1) is 34.7 Å². The first-order valence-corrected chi connectivity index (χ1v) is 10.9. The molecule has 0 radical (unpaired) electrons. The molecular formula is C23H24N8O3. The summed E-state index contributed by atoms with van der Waals surface area (Å²) in [5, 5.41) is 22.4. The van der Waals surface area contributed by atoms with Crippen molar-refractivity contribution in [2.75, 3.05) is 18.9 Å². The van der Waals surface area contributed by atoms with E-state index in [2.05, 4.69) is 30.5 Å². The normalized spacial score (nSPS) is 18.0. The maximum Gasteiger partial charge on any atom is 0.262 e.